The first kappa shape index (κ1) is 19.4. The van der Waals surface area contributed by atoms with Crippen LogP contribution in [-0.2, 0) is 9.59 Å². The molecule has 3 heterocycles. The summed E-state index contributed by atoms with van der Waals surface area (Å²) in [7, 11) is -4.70. The van der Waals surface area contributed by atoms with E-state index in [9.17, 15) is 9.59 Å². The van der Waals surface area contributed by atoms with E-state index < -0.39 is 20.2 Å². The molecule has 7 nitrogen and oxygen atoms in total. The van der Waals surface area contributed by atoms with Gasteiger partial charge in [-0.3, -0.25) is 0 Å². The van der Waals surface area contributed by atoms with E-state index in [1.165, 1.54) is 4.90 Å². The molecule has 0 bridgehead atoms. The fraction of sp³-hybridized carbons (Fsp3) is 0.154. The number of carbonyl (C=O) groups is 2. The number of allylic oxidation sites excluding steroid dienone is 2. The number of fused-ring (bicyclic) bond motifs is 3. The van der Waals surface area contributed by atoms with Crippen molar-refractivity contribution in [1.82, 2.24) is 0 Å². The van der Waals surface area contributed by atoms with Crippen LogP contribution in [0.5, 0.6) is 23.0 Å². The molecule has 1 aliphatic carbocycles. The first-order valence-electron chi connectivity index (χ1n) is 11.3. The molecule has 3 aromatic rings. The summed E-state index contributed by atoms with van der Waals surface area (Å²) in [4.78, 5) is 28.0. The molecule has 34 heavy (non-hydrogen) atoms. The fourth-order valence-corrected chi connectivity index (χ4v) is 9.39. The van der Waals surface area contributed by atoms with Crippen LogP contribution in [0.4, 0.5) is 5.69 Å². The molecule has 170 valence electrons. The fourth-order valence-electron chi connectivity index (χ4n) is 5.42. The predicted octanol–water partition coefficient (Wildman–Crippen LogP) is 4.38. The Kier molecular flexibility index (Phi) is 3.72. The van der Waals surface area contributed by atoms with Gasteiger partial charge in [-0.1, -0.05) is 0 Å². The second kappa shape index (κ2) is 6.51. The van der Waals surface area contributed by atoms with E-state index in [1.807, 2.05) is 72.8 Å². The summed E-state index contributed by atoms with van der Waals surface area (Å²) in [5.74, 6) is 0.756. The van der Waals surface area contributed by atoms with Crippen LogP contribution in [0, 0.1) is 11.8 Å². The van der Waals surface area contributed by atoms with Gasteiger partial charge in [-0.25, -0.2) is 0 Å². The number of carbonyl (C=O) groups excluding carboxylic acids is 2. The Morgan fingerprint density at radius 1 is 0.647 bits per heavy atom. The Balaban J connectivity index is 1.30. The second-order valence-corrected chi connectivity index (χ2v) is 12.2. The second-order valence-electron chi connectivity index (χ2n) is 8.94. The van der Waals surface area contributed by atoms with Crippen molar-refractivity contribution >= 4 is 25.8 Å². The Hall–Kier alpha value is -4.04. The van der Waals surface area contributed by atoms with E-state index in [-0.39, 0.29) is 18.2 Å². The van der Waals surface area contributed by atoms with E-state index in [4.69, 9.17) is 17.7 Å². The number of nitrogens with zero attached hydrogens (tertiary/aromatic N) is 1. The van der Waals surface area contributed by atoms with E-state index >= 15 is 0 Å². The van der Waals surface area contributed by atoms with Gasteiger partial charge in [-0.2, -0.15) is 0 Å². The number of para-hydroxylation sites is 5. The van der Waals surface area contributed by atoms with Gasteiger partial charge in [0, 0.05) is 0 Å². The van der Waals surface area contributed by atoms with Gasteiger partial charge in [0.2, 0.25) is 0 Å². The third-order valence-corrected chi connectivity index (χ3v) is 10.7. The molecule has 1 fully saturated rings. The molecule has 2 amide bonds. The van der Waals surface area contributed by atoms with E-state index in [0.29, 0.717) is 40.3 Å². The Bertz CT molecular complexity index is 1290. The Labute approximate surface area is 196 Å². The minimum absolute atomic E-state index is 0.181. The summed E-state index contributed by atoms with van der Waals surface area (Å²) in [5.41, 5.74) is 0.585. The van der Waals surface area contributed by atoms with E-state index in [2.05, 4.69) is 0 Å². The number of rotatable bonds is 2. The molecule has 7 rings (SSSR count). The van der Waals surface area contributed by atoms with Crippen molar-refractivity contribution in [3.8, 4) is 23.0 Å². The molecule has 0 saturated carbocycles. The molecule has 2 atom stereocenters. The van der Waals surface area contributed by atoms with Crippen LogP contribution in [0.15, 0.2) is 90.1 Å². The topological polar surface area (TPSA) is 74.3 Å². The predicted molar refractivity (Wildman–Crippen MR) is 124 cm³/mol. The van der Waals surface area contributed by atoms with Gasteiger partial charge >= 0.3 is 196 Å². The van der Waals surface area contributed by atoms with Crippen LogP contribution in [0.1, 0.15) is 12.8 Å². The zero-order valence-corrected chi connectivity index (χ0v) is 19.0. The number of imide groups is 1. The van der Waals surface area contributed by atoms with Crippen LogP contribution in [-0.4, -0.2) is 20.1 Å². The molecule has 1 spiro atoms. The summed E-state index contributed by atoms with van der Waals surface area (Å²) in [6.07, 6.45) is 2.56. The zero-order valence-electron chi connectivity index (χ0n) is 18.0. The quantitative estimate of drug-likeness (QED) is 0.409. The Morgan fingerprint density at radius 2 is 1.12 bits per heavy atom. The molecular formula is C26H20NO6Si-. The first-order chi connectivity index (χ1) is 16.6. The van der Waals surface area contributed by atoms with Gasteiger partial charge < -0.3 is 0 Å². The molecule has 0 unspecified atom stereocenters. The number of benzene rings is 3. The molecule has 1 saturated heterocycles. The summed E-state index contributed by atoms with van der Waals surface area (Å²) in [6, 6.07) is 23.7. The third-order valence-electron chi connectivity index (χ3n) is 7.00. The van der Waals surface area contributed by atoms with Crippen LogP contribution in [0.2, 0.25) is 0 Å². The molecule has 4 aliphatic rings. The van der Waals surface area contributed by atoms with Crippen molar-refractivity contribution in [1.29, 1.82) is 0 Å². The molecular weight excluding hydrogens is 450 g/mol. The van der Waals surface area contributed by atoms with Crippen molar-refractivity contribution in [3.63, 3.8) is 0 Å². The molecule has 0 N–H and O–H groups in total. The van der Waals surface area contributed by atoms with Crippen LogP contribution >= 0.6 is 0 Å². The van der Waals surface area contributed by atoms with Crippen molar-refractivity contribution in [2.75, 3.05) is 4.90 Å². The van der Waals surface area contributed by atoms with Gasteiger partial charge in [-0.05, 0) is 0 Å². The SMILES string of the molecule is O=C1[C@H]2CC=C([Si-]34(Oc5ccccc5O3)Oc3ccccc3O4)C[C@H]2C(=O)N1c1ccccc1. The summed E-state index contributed by atoms with van der Waals surface area (Å²) < 4.78 is 26.0. The normalized spacial score (nSPS) is 26.1. The standard InChI is InChI=1S/C26H20NO6Si/c28-25-19-15-14-18(16-20(19)26(29)27(25)17-8-2-1-3-9-17)34(30-21-10-4-5-11-22(21)31-34)32-23-12-6-7-13-24(23)33-34/h1-14,19-20H,15-16H2/q-1/t19-,20+/m0/s1. The average molecular weight is 471 g/mol. The molecule has 3 aliphatic heterocycles. The first-order valence-corrected chi connectivity index (χ1v) is 13.4. The van der Waals surface area contributed by atoms with E-state index in [1.54, 1.807) is 12.1 Å². The average Bonchev–Trinajstić information content (AvgIpc) is 3.47. The van der Waals surface area contributed by atoms with Crippen molar-refractivity contribution in [3.05, 3.63) is 90.1 Å². The number of amides is 2. The Morgan fingerprint density at radius 3 is 1.65 bits per heavy atom. The van der Waals surface area contributed by atoms with Crippen molar-refractivity contribution in [2.24, 2.45) is 11.8 Å². The van der Waals surface area contributed by atoms with Crippen LogP contribution < -0.4 is 22.6 Å². The van der Waals surface area contributed by atoms with Crippen LogP contribution in [0.3, 0.4) is 0 Å². The molecule has 3 aromatic carbocycles. The zero-order chi connectivity index (χ0) is 22.9. The van der Waals surface area contributed by atoms with Gasteiger partial charge in [0.15, 0.2) is 0 Å². The summed E-state index contributed by atoms with van der Waals surface area (Å²) in [5, 5.41) is 0.671. The van der Waals surface area contributed by atoms with Crippen molar-refractivity contribution < 1.29 is 27.3 Å². The monoisotopic (exact) mass is 470 g/mol. The number of anilines is 1. The van der Waals surface area contributed by atoms with Crippen molar-refractivity contribution in [2.45, 2.75) is 12.8 Å². The minimum atomic E-state index is -4.70. The summed E-state index contributed by atoms with van der Waals surface area (Å²) >= 11 is 0. The summed E-state index contributed by atoms with van der Waals surface area (Å²) in [6.45, 7) is 0. The number of hydrogen-bond donors (Lipinski definition) is 0. The maximum absolute atomic E-state index is 13.5. The van der Waals surface area contributed by atoms with Gasteiger partial charge in [0.1, 0.15) is 0 Å². The van der Waals surface area contributed by atoms with Gasteiger partial charge in [0.05, 0.1) is 0 Å². The molecule has 8 heteroatoms. The molecule has 0 aromatic heterocycles. The number of hydrogen-bond acceptors (Lipinski definition) is 6. The van der Waals surface area contributed by atoms with Gasteiger partial charge in [0.25, 0.3) is 0 Å². The van der Waals surface area contributed by atoms with Gasteiger partial charge in [-0.15, -0.1) is 0 Å². The van der Waals surface area contributed by atoms with E-state index in [0.717, 1.165) is 0 Å². The molecule has 0 radical (unpaired) electrons. The third kappa shape index (κ3) is 2.46. The maximum atomic E-state index is 13.5. The van der Waals surface area contributed by atoms with Crippen LogP contribution in [0.25, 0.3) is 0 Å².